The van der Waals surface area contributed by atoms with Gasteiger partial charge in [-0.05, 0) is 141 Å². The molecule has 1 unspecified atom stereocenters. The number of hydrogen-bond donors (Lipinski definition) is 1. The molecule has 0 radical (unpaired) electrons. The highest BCUT2D eigenvalue weighted by molar-refractivity contribution is 5.70. The zero-order valence-corrected chi connectivity index (χ0v) is 48.2. The largest absolute Gasteiger partial charge is 0.462 e. The van der Waals surface area contributed by atoms with E-state index in [9.17, 15) is 14.7 Å². The molecule has 0 aliphatic heterocycles. The first-order valence-corrected chi connectivity index (χ1v) is 30.0. The molecule has 0 saturated carbocycles. The molecule has 1 atom stereocenters. The highest BCUT2D eigenvalue weighted by Crippen LogP contribution is 2.13. The van der Waals surface area contributed by atoms with Crippen molar-refractivity contribution in [1.82, 2.24) is 0 Å². The second-order valence-electron chi connectivity index (χ2n) is 19.0. The molecule has 0 fully saturated rings. The number of rotatable bonds is 52. The van der Waals surface area contributed by atoms with Crippen LogP contribution in [-0.2, 0) is 19.1 Å². The van der Waals surface area contributed by atoms with Gasteiger partial charge in [0.1, 0.15) is 6.61 Å². The van der Waals surface area contributed by atoms with E-state index in [1.54, 1.807) is 0 Å². The number of carbonyl (C=O) groups excluding carboxylic acids is 2. The van der Waals surface area contributed by atoms with Gasteiger partial charge in [0.05, 0.1) is 6.61 Å². The Morgan fingerprint density at radius 3 is 0.816 bits per heavy atom. The summed E-state index contributed by atoms with van der Waals surface area (Å²) in [7, 11) is 0. The van der Waals surface area contributed by atoms with E-state index >= 15 is 0 Å². The number of aliphatic hydroxyl groups excluding tert-OH is 1. The highest BCUT2D eigenvalue weighted by atomic mass is 16.6. The number of unbranched alkanes of at least 4 members (excludes halogenated alkanes) is 12. The molecule has 1 N–H and O–H groups in total. The van der Waals surface area contributed by atoms with Crippen LogP contribution < -0.4 is 0 Å². The summed E-state index contributed by atoms with van der Waals surface area (Å²) in [6, 6.07) is 0. The van der Waals surface area contributed by atoms with Crippen molar-refractivity contribution in [2.45, 2.75) is 225 Å². The summed E-state index contributed by atoms with van der Waals surface area (Å²) < 4.78 is 10.7. The lowest BCUT2D eigenvalue weighted by Crippen LogP contribution is -2.28. The van der Waals surface area contributed by atoms with E-state index in [-0.39, 0.29) is 25.2 Å². The maximum atomic E-state index is 12.3. The summed E-state index contributed by atoms with van der Waals surface area (Å²) in [4.78, 5) is 24.6. The normalized spacial score (nSPS) is 13.7. The van der Waals surface area contributed by atoms with Crippen LogP contribution in [0.1, 0.15) is 219 Å². The second-order valence-corrected chi connectivity index (χ2v) is 19.0. The summed E-state index contributed by atoms with van der Waals surface area (Å²) in [6.45, 7) is 3.86. The molecule has 0 saturated heterocycles. The molecule has 0 heterocycles. The standard InChI is InChI=1S/C71H108O5/c1-3-5-7-9-11-13-15-17-19-21-23-25-27-29-31-32-33-34-35-36-37-38-40-42-44-46-48-50-52-54-56-58-60-62-64-66-71(74)76-69(67-72)68-75-70(73)65-63-61-59-57-55-53-51-49-47-45-43-41-39-30-28-26-24-22-20-18-16-14-12-10-8-6-4-2/h5-8,11-14,17-20,23-26,29-31,33-34,36-37,39-40,42-43,45,49,51,55,57,69,72H,3-4,9-10,15-16,21-22,27-28,32,35,38,41,44,46-48,50,52-54,56,58-68H2,1-2H3/b7-5-,8-6-,13-11-,14-12-,19-17-,20-18-,25-23-,26-24-,31-29-,34-33-,37-36-,39-30-,42-40-,45-43-,51-49-,57-55-. The van der Waals surface area contributed by atoms with Crippen LogP contribution in [0.5, 0.6) is 0 Å². The summed E-state index contributed by atoms with van der Waals surface area (Å²) in [5.41, 5.74) is 0. The van der Waals surface area contributed by atoms with Crippen molar-refractivity contribution in [2.24, 2.45) is 0 Å². The van der Waals surface area contributed by atoms with E-state index in [0.29, 0.717) is 12.8 Å². The molecule has 0 bridgehead atoms. The van der Waals surface area contributed by atoms with Gasteiger partial charge in [0, 0.05) is 12.8 Å². The van der Waals surface area contributed by atoms with Gasteiger partial charge in [-0.1, -0.05) is 260 Å². The first-order chi connectivity index (χ1) is 37.6. The van der Waals surface area contributed by atoms with E-state index in [0.717, 1.165) is 141 Å². The molecule has 5 heteroatoms. The van der Waals surface area contributed by atoms with Crippen LogP contribution in [0.4, 0.5) is 0 Å². The van der Waals surface area contributed by atoms with Crippen molar-refractivity contribution >= 4 is 11.9 Å². The van der Waals surface area contributed by atoms with Crippen LogP contribution in [0.3, 0.4) is 0 Å². The van der Waals surface area contributed by atoms with E-state index in [1.165, 1.54) is 51.4 Å². The van der Waals surface area contributed by atoms with Gasteiger partial charge in [-0.15, -0.1) is 0 Å². The smallest absolute Gasteiger partial charge is 0.306 e. The summed E-state index contributed by atoms with van der Waals surface area (Å²) in [5.74, 6) is -0.662. The maximum Gasteiger partial charge on any atom is 0.306 e. The van der Waals surface area contributed by atoms with E-state index in [2.05, 4.69) is 208 Å². The highest BCUT2D eigenvalue weighted by Gasteiger charge is 2.16. The van der Waals surface area contributed by atoms with Gasteiger partial charge in [-0.3, -0.25) is 9.59 Å². The molecule has 0 amide bonds. The number of aliphatic hydroxyl groups is 1. The molecule has 76 heavy (non-hydrogen) atoms. The first kappa shape index (κ1) is 70.7. The van der Waals surface area contributed by atoms with Crippen molar-refractivity contribution in [3.05, 3.63) is 194 Å². The Hall–Kier alpha value is -5.26. The van der Waals surface area contributed by atoms with Crippen LogP contribution in [0, 0.1) is 0 Å². The molecule has 5 nitrogen and oxygen atoms in total. The van der Waals surface area contributed by atoms with Crippen LogP contribution in [0.25, 0.3) is 0 Å². The third-order valence-electron chi connectivity index (χ3n) is 11.9. The van der Waals surface area contributed by atoms with E-state index < -0.39 is 6.10 Å². The van der Waals surface area contributed by atoms with Gasteiger partial charge in [-0.25, -0.2) is 0 Å². The van der Waals surface area contributed by atoms with Crippen molar-refractivity contribution < 1.29 is 24.2 Å². The quantitative estimate of drug-likeness (QED) is 0.0373. The molecule has 0 aliphatic carbocycles. The fourth-order valence-corrected chi connectivity index (χ4v) is 7.47. The fraction of sp³-hybridized carbons (Fsp3) is 0.521. The predicted octanol–water partition coefficient (Wildman–Crippen LogP) is 20.9. The van der Waals surface area contributed by atoms with Gasteiger partial charge in [0.25, 0.3) is 0 Å². The maximum absolute atomic E-state index is 12.3. The molecule has 0 aromatic carbocycles. The minimum absolute atomic E-state index is 0.104. The molecular formula is C71H108O5. The van der Waals surface area contributed by atoms with Crippen LogP contribution >= 0.6 is 0 Å². The van der Waals surface area contributed by atoms with Gasteiger partial charge >= 0.3 is 11.9 Å². The number of ether oxygens (including phenoxy) is 2. The summed E-state index contributed by atoms with van der Waals surface area (Å²) in [6.07, 6.45) is 103. The van der Waals surface area contributed by atoms with Crippen LogP contribution in [0.15, 0.2) is 194 Å². The predicted molar refractivity (Wildman–Crippen MR) is 333 cm³/mol. The molecule has 422 valence electrons. The average molecular weight is 1040 g/mol. The summed E-state index contributed by atoms with van der Waals surface area (Å²) >= 11 is 0. The topological polar surface area (TPSA) is 72.8 Å². The first-order valence-electron chi connectivity index (χ1n) is 30.0. The lowest BCUT2D eigenvalue weighted by molar-refractivity contribution is -0.161. The Morgan fingerprint density at radius 1 is 0.303 bits per heavy atom. The van der Waals surface area contributed by atoms with Gasteiger partial charge in [-0.2, -0.15) is 0 Å². The molecule has 0 aromatic rings. The molecule has 0 spiro atoms. The minimum atomic E-state index is -0.810. The number of hydrogen-bond acceptors (Lipinski definition) is 5. The Morgan fingerprint density at radius 2 is 0.526 bits per heavy atom. The number of carbonyl (C=O) groups is 2. The molecule has 0 aliphatic rings. The van der Waals surface area contributed by atoms with Crippen molar-refractivity contribution in [1.29, 1.82) is 0 Å². The van der Waals surface area contributed by atoms with Crippen LogP contribution in [0.2, 0.25) is 0 Å². The average Bonchev–Trinajstić information content (AvgIpc) is 3.42. The Bertz CT molecular complexity index is 1800. The molecular weight excluding hydrogens is 933 g/mol. The lowest BCUT2D eigenvalue weighted by Gasteiger charge is -2.15. The monoisotopic (exact) mass is 1040 g/mol. The lowest BCUT2D eigenvalue weighted by atomic mass is 10.0. The summed E-state index contributed by atoms with van der Waals surface area (Å²) in [5, 5.41) is 9.67. The minimum Gasteiger partial charge on any atom is -0.462 e. The SMILES string of the molecule is CC/C=C\C/C=C\C/C=C\C/C=C\C/C=C\C/C=C\C/C=C\C/C=C\CCCCCCCCCCCCC(=O)OC(CO)COC(=O)CCCC/C=C\C/C=C\C/C=C\C/C=C\C/C=C\C/C=C\C/C=C\C/C=C\CC. The zero-order chi connectivity index (χ0) is 54.8. The number of allylic oxidation sites excluding steroid dienone is 32. The fourth-order valence-electron chi connectivity index (χ4n) is 7.47. The Balaban J connectivity index is 3.67. The van der Waals surface area contributed by atoms with Gasteiger partial charge in [0.2, 0.25) is 0 Å². The third-order valence-corrected chi connectivity index (χ3v) is 11.9. The van der Waals surface area contributed by atoms with Gasteiger partial charge < -0.3 is 14.6 Å². The molecule has 0 aromatic heterocycles. The Labute approximate surface area is 467 Å². The number of esters is 2. The van der Waals surface area contributed by atoms with Crippen LogP contribution in [-0.4, -0.2) is 36.4 Å². The second kappa shape index (κ2) is 64.0. The van der Waals surface area contributed by atoms with Crippen molar-refractivity contribution in [3.8, 4) is 0 Å². The van der Waals surface area contributed by atoms with E-state index in [4.69, 9.17) is 9.47 Å². The van der Waals surface area contributed by atoms with Gasteiger partial charge in [0.15, 0.2) is 6.10 Å². The van der Waals surface area contributed by atoms with Crippen molar-refractivity contribution in [2.75, 3.05) is 13.2 Å². The third kappa shape index (κ3) is 61.3. The Kier molecular flexibility index (Phi) is 59.6. The zero-order valence-electron chi connectivity index (χ0n) is 48.2. The molecule has 0 rings (SSSR count). The van der Waals surface area contributed by atoms with Crippen molar-refractivity contribution in [3.63, 3.8) is 0 Å². The van der Waals surface area contributed by atoms with E-state index in [1.807, 2.05) is 0 Å².